The highest BCUT2D eigenvalue weighted by Gasteiger charge is 2.25. The molecule has 2 unspecified atom stereocenters. The van der Waals surface area contributed by atoms with Gasteiger partial charge in [0.15, 0.2) is 0 Å². The molecule has 2 atom stereocenters. The third kappa shape index (κ3) is 3.91. The topological polar surface area (TPSA) is 32.5 Å². The van der Waals surface area contributed by atoms with Gasteiger partial charge in [-0.2, -0.15) is 0 Å². The Hall–Kier alpha value is -0.770. The second kappa shape index (κ2) is 7.48. The van der Waals surface area contributed by atoms with Crippen LogP contribution in [0.2, 0.25) is 5.02 Å². The summed E-state index contributed by atoms with van der Waals surface area (Å²) < 4.78 is 0. The predicted octanol–water partition coefficient (Wildman–Crippen LogP) is 3.15. The Morgan fingerprint density at radius 1 is 1.33 bits per heavy atom. The first kappa shape index (κ1) is 16.6. The highest BCUT2D eigenvalue weighted by molar-refractivity contribution is 6.31. The average molecular weight is 310 g/mol. The van der Waals surface area contributed by atoms with E-state index in [1.807, 2.05) is 6.07 Å². The average Bonchev–Trinajstić information content (AvgIpc) is 2.49. The molecule has 4 heteroatoms. The number of rotatable bonds is 5. The third-order valence-electron chi connectivity index (χ3n) is 4.67. The first-order chi connectivity index (χ1) is 10.1. The fourth-order valence-electron chi connectivity index (χ4n) is 3.06. The zero-order valence-electron chi connectivity index (χ0n) is 13.5. The molecule has 0 amide bonds. The van der Waals surface area contributed by atoms with Crippen LogP contribution in [0.15, 0.2) is 18.2 Å². The van der Waals surface area contributed by atoms with Crippen LogP contribution in [0.3, 0.4) is 0 Å². The molecule has 3 nitrogen and oxygen atoms in total. The first-order valence-corrected chi connectivity index (χ1v) is 8.42. The van der Waals surface area contributed by atoms with Crippen molar-refractivity contribution in [2.24, 2.45) is 5.73 Å². The summed E-state index contributed by atoms with van der Waals surface area (Å²) >= 11 is 6.46. The standard InChI is InChI=1S/C17H28ClN3/c1-4-13(19)11-15-16(18)7-6-8-17(15)21-10-9-20(3)14(5-2)12-21/h6-8,13-14H,4-5,9-12,19H2,1-3H3. The molecule has 0 spiro atoms. The Morgan fingerprint density at radius 3 is 2.76 bits per heavy atom. The second-order valence-electron chi connectivity index (χ2n) is 6.10. The van der Waals surface area contributed by atoms with Crippen molar-refractivity contribution >= 4 is 17.3 Å². The number of likely N-dealkylation sites (N-methyl/N-ethyl adjacent to an activating group) is 1. The molecule has 0 saturated carbocycles. The maximum Gasteiger partial charge on any atom is 0.0459 e. The van der Waals surface area contributed by atoms with Gasteiger partial charge in [-0.15, -0.1) is 0 Å². The molecule has 0 aromatic heterocycles. The summed E-state index contributed by atoms with van der Waals surface area (Å²) in [5.74, 6) is 0. The first-order valence-electron chi connectivity index (χ1n) is 8.04. The molecule has 2 N–H and O–H groups in total. The lowest BCUT2D eigenvalue weighted by atomic mass is 10.0. The van der Waals surface area contributed by atoms with Gasteiger partial charge in [-0.25, -0.2) is 0 Å². The van der Waals surface area contributed by atoms with Crippen molar-refractivity contribution in [3.8, 4) is 0 Å². The van der Waals surface area contributed by atoms with E-state index in [2.05, 4.69) is 42.8 Å². The van der Waals surface area contributed by atoms with Gasteiger partial charge in [0, 0.05) is 42.4 Å². The SMILES string of the molecule is CCC(N)Cc1c(Cl)cccc1N1CCN(C)C(CC)C1. The summed E-state index contributed by atoms with van der Waals surface area (Å²) in [6, 6.07) is 7.03. The van der Waals surface area contributed by atoms with Gasteiger partial charge in [0.1, 0.15) is 0 Å². The van der Waals surface area contributed by atoms with E-state index in [1.54, 1.807) is 0 Å². The zero-order valence-corrected chi connectivity index (χ0v) is 14.2. The van der Waals surface area contributed by atoms with Crippen molar-refractivity contribution in [2.45, 2.75) is 45.2 Å². The van der Waals surface area contributed by atoms with Gasteiger partial charge >= 0.3 is 0 Å². The molecule has 1 fully saturated rings. The molecule has 21 heavy (non-hydrogen) atoms. The number of anilines is 1. The molecule has 1 aromatic rings. The predicted molar refractivity (Wildman–Crippen MR) is 92.3 cm³/mol. The lowest BCUT2D eigenvalue weighted by Crippen LogP contribution is -2.51. The third-order valence-corrected chi connectivity index (χ3v) is 5.03. The van der Waals surface area contributed by atoms with Crippen LogP contribution >= 0.6 is 11.6 Å². The van der Waals surface area contributed by atoms with E-state index < -0.39 is 0 Å². The van der Waals surface area contributed by atoms with Gasteiger partial charge in [0.2, 0.25) is 0 Å². The van der Waals surface area contributed by atoms with E-state index in [9.17, 15) is 0 Å². The molecule has 0 radical (unpaired) electrons. The second-order valence-corrected chi connectivity index (χ2v) is 6.51. The molecule has 1 saturated heterocycles. The molecule has 1 aromatic carbocycles. The Morgan fingerprint density at radius 2 is 2.10 bits per heavy atom. The normalized spacial score (nSPS) is 21.6. The summed E-state index contributed by atoms with van der Waals surface area (Å²) in [6.07, 6.45) is 3.01. The van der Waals surface area contributed by atoms with Gasteiger partial charge in [-0.3, -0.25) is 4.90 Å². The van der Waals surface area contributed by atoms with Crippen LogP contribution < -0.4 is 10.6 Å². The maximum atomic E-state index is 6.46. The lowest BCUT2D eigenvalue weighted by molar-refractivity contribution is 0.213. The maximum absolute atomic E-state index is 6.46. The van der Waals surface area contributed by atoms with Gasteiger partial charge in [0.05, 0.1) is 0 Å². The van der Waals surface area contributed by atoms with E-state index in [0.29, 0.717) is 6.04 Å². The van der Waals surface area contributed by atoms with Crippen molar-refractivity contribution in [2.75, 3.05) is 31.6 Å². The molecule has 1 aliphatic rings. The Bertz CT molecular complexity index is 463. The van der Waals surface area contributed by atoms with Gasteiger partial charge in [-0.1, -0.05) is 31.5 Å². The van der Waals surface area contributed by atoms with Gasteiger partial charge in [-0.05, 0) is 44.0 Å². The number of piperazine rings is 1. The van der Waals surface area contributed by atoms with E-state index in [4.69, 9.17) is 17.3 Å². The molecular formula is C17H28ClN3. The molecule has 1 aliphatic heterocycles. The van der Waals surface area contributed by atoms with E-state index in [0.717, 1.165) is 37.5 Å². The van der Waals surface area contributed by atoms with Gasteiger partial charge in [0.25, 0.3) is 0 Å². The van der Waals surface area contributed by atoms with Crippen LogP contribution in [0.1, 0.15) is 32.3 Å². The van der Waals surface area contributed by atoms with E-state index in [-0.39, 0.29) is 6.04 Å². The minimum absolute atomic E-state index is 0.179. The van der Waals surface area contributed by atoms with Crippen molar-refractivity contribution in [1.29, 1.82) is 0 Å². The number of hydrogen-bond donors (Lipinski definition) is 1. The summed E-state index contributed by atoms with van der Waals surface area (Å²) in [6.45, 7) is 7.62. The fraction of sp³-hybridized carbons (Fsp3) is 0.647. The number of nitrogens with two attached hydrogens (primary N) is 1. The molecule has 0 aliphatic carbocycles. The Balaban J connectivity index is 2.24. The molecule has 0 bridgehead atoms. The monoisotopic (exact) mass is 309 g/mol. The smallest absolute Gasteiger partial charge is 0.0459 e. The number of halogens is 1. The summed E-state index contributed by atoms with van der Waals surface area (Å²) in [4.78, 5) is 4.94. The van der Waals surface area contributed by atoms with E-state index in [1.165, 1.54) is 17.7 Å². The molecule has 118 valence electrons. The van der Waals surface area contributed by atoms with Crippen LogP contribution in [0, 0.1) is 0 Å². The van der Waals surface area contributed by atoms with Crippen LogP contribution in [0.5, 0.6) is 0 Å². The van der Waals surface area contributed by atoms with Crippen molar-refractivity contribution in [3.05, 3.63) is 28.8 Å². The molecular weight excluding hydrogens is 282 g/mol. The van der Waals surface area contributed by atoms with Crippen molar-refractivity contribution < 1.29 is 0 Å². The highest BCUT2D eigenvalue weighted by Crippen LogP contribution is 2.30. The highest BCUT2D eigenvalue weighted by atomic mass is 35.5. The van der Waals surface area contributed by atoms with Gasteiger partial charge < -0.3 is 10.6 Å². The van der Waals surface area contributed by atoms with Crippen LogP contribution in [0.25, 0.3) is 0 Å². The van der Waals surface area contributed by atoms with Crippen LogP contribution in [-0.4, -0.2) is 43.7 Å². The summed E-state index contributed by atoms with van der Waals surface area (Å²) in [5, 5.41) is 0.850. The summed E-state index contributed by atoms with van der Waals surface area (Å²) in [7, 11) is 2.22. The minimum atomic E-state index is 0.179. The molecule has 1 heterocycles. The van der Waals surface area contributed by atoms with E-state index >= 15 is 0 Å². The summed E-state index contributed by atoms with van der Waals surface area (Å²) in [5.41, 5.74) is 8.65. The van der Waals surface area contributed by atoms with Crippen molar-refractivity contribution in [1.82, 2.24) is 4.90 Å². The fourth-order valence-corrected chi connectivity index (χ4v) is 3.30. The quantitative estimate of drug-likeness (QED) is 0.907. The minimum Gasteiger partial charge on any atom is -0.368 e. The Kier molecular flexibility index (Phi) is 5.91. The Labute approximate surface area is 134 Å². The molecule has 2 rings (SSSR count). The number of benzene rings is 1. The largest absolute Gasteiger partial charge is 0.368 e. The number of nitrogens with zero attached hydrogens (tertiary/aromatic N) is 2. The number of hydrogen-bond acceptors (Lipinski definition) is 3. The lowest BCUT2D eigenvalue weighted by Gasteiger charge is -2.41. The van der Waals surface area contributed by atoms with Crippen LogP contribution in [-0.2, 0) is 6.42 Å². The zero-order chi connectivity index (χ0) is 15.4. The van der Waals surface area contributed by atoms with Crippen molar-refractivity contribution in [3.63, 3.8) is 0 Å². The van der Waals surface area contributed by atoms with Crippen LogP contribution in [0.4, 0.5) is 5.69 Å².